The highest BCUT2D eigenvalue weighted by Crippen LogP contribution is 2.51. The predicted octanol–water partition coefficient (Wildman–Crippen LogP) is 7.19. The normalized spacial score (nSPS) is 28.0. The Balaban J connectivity index is 0.000000151. The van der Waals surface area contributed by atoms with Crippen molar-refractivity contribution in [3.8, 4) is 22.6 Å². The summed E-state index contributed by atoms with van der Waals surface area (Å²) in [5.41, 5.74) is 17.2. The van der Waals surface area contributed by atoms with Crippen LogP contribution < -0.4 is 26.4 Å². The molecule has 2 saturated heterocycles. The van der Waals surface area contributed by atoms with Crippen LogP contribution in [0.5, 0.6) is 11.5 Å². The Morgan fingerprint density at radius 3 is 1.58 bits per heavy atom. The molecule has 66 heavy (non-hydrogen) atoms. The van der Waals surface area contributed by atoms with E-state index in [0.29, 0.717) is 42.1 Å². The van der Waals surface area contributed by atoms with Crippen molar-refractivity contribution in [2.45, 2.75) is 115 Å². The monoisotopic (exact) mass is 966 g/mol. The molecule has 0 bridgehead atoms. The zero-order valence-electron chi connectivity index (χ0n) is 39.3. The highest BCUT2D eigenvalue weighted by Gasteiger charge is 2.53. The van der Waals surface area contributed by atoms with Crippen LogP contribution in [-0.2, 0) is 30.6 Å². The number of benzene rings is 4. The molecule has 0 amide bonds. The number of aliphatic imine (C=N–C) groups is 2. The van der Waals surface area contributed by atoms with Crippen LogP contribution in [0.4, 0.5) is 0 Å². The van der Waals surface area contributed by atoms with Crippen LogP contribution in [0, 0.1) is 25.7 Å². The smallest absolute Gasteiger partial charge is 0.488 e. The van der Waals surface area contributed by atoms with E-state index >= 15 is 0 Å². The summed E-state index contributed by atoms with van der Waals surface area (Å²) in [5.74, 6) is 3.18. The van der Waals surface area contributed by atoms with Crippen LogP contribution in [0.2, 0.25) is 0 Å². The van der Waals surface area contributed by atoms with Crippen LogP contribution >= 0.6 is 15.9 Å². The third-order valence-corrected chi connectivity index (χ3v) is 13.8. The molecule has 4 aromatic rings. The molecule has 2 fully saturated rings. The molecule has 0 aromatic heterocycles. The zero-order valence-corrected chi connectivity index (χ0v) is 40.9. The number of ether oxygens (including phenoxy) is 4. The molecule has 16 heteroatoms. The highest BCUT2D eigenvalue weighted by atomic mass is 79.9. The Hall–Kier alpha value is -4.68. The van der Waals surface area contributed by atoms with Gasteiger partial charge in [0.15, 0.2) is 0 Å². The second kappa shape index (κ2) is 18.8. The first-order chi connectivity index (χ1) is 31.2. The maximum Gasteiger partial charge on any atom is 0.488 e. The molecule has 4 aromatic carbocycles. The van der Waals surface area contributed by atoms with E-state index in [0.717, 1.165) is 82.7 Å². The summed E-state index contributed by atoms with van der Waals surface area (Å²) in [6.07, 6.45) is 5.11. The molecule has 6 heterocycles. The van der Waals surface area contributed by atoms with Gasteiger partial charge in [0.1, 0.15) is 23.7 Å². The Kier molecular flexibility index (Phi) is 13.6. The summed E-state index contributed by atoms with van der Waals surface area (Å²) in [4.78, 5) is 22.0. The fraction of sp³-hybridized carbons (Fsp3) is 0.480. The van der Waals surface area contributed by atoms with E-state index in [1.165, 1.54) is 5.56 Å². The third-order valence-electron chi connectivity index (χ3n) is 13.3. The second-order valence-corrected chi connectivity index (χ2v) is 20.6. The van der Waals surface area contributed by atoms with Gasteiger partial charge in [-0.25, -0.2) is 29.8 Å². The predicted molar refractivity (Wildman–Crippen MR) is 260 cm³/mol. The summed E-state index contributed by atoms with van der Waals surface area (Å²) in [5, 5.41) is 20.5. The number of fused-ring (bicyclic) bond motifs is 4. The first-order valence-electron chi connectivity index (χ1n) is 22.8. The number of hydrogen-bond donors (Lipinski definition) is 4. The highest BCUT2D eigenvalue weighted by molar-refractivity contribution is 9.10. The summed E-state index contributed by atoms with van der Waals surface area (Å²) >= 11 is 3.54. The van der Waals surface area contributed by atoms with Gasteiger partial charge in [-0.3, -0.25) is 0 Å². The van der Waals surface area contributed by atoms with Crippen molar-refractivity contribution in [1.82, 2.24) is 10.1 Å². The largest absolute Gasteiger partial charge is 0.489 e. The molecule has 6 N–H and O–H groups in total. The van der Waals surface area contributed by atoms with E-state index < -0.39 is 18.6 Å². The number of guanidine groups is 2. The zero-order chi connectivity index (χ0) is 47.2. The van der Waals surface area contributed by atoms with Crippen LogP contribution in [-0.4, -0.2) is 89.9 Å². The molecular formula is C50H64BBrN6O8. The minimum absolute atomic E-state index is 0.0106. The van der Waals surface area contributed by atoms with Crippen LogP contribution in [0.25, 0.3) is 11.1 Å². The maximum absolute atomic E-state index is 8.70. The van der Waals surface area contributed by atoms with E-state index in [-0.39, 0.29) is 23.4 Å². The van der Waals surface area contributed by atoms with Gasteiger partial charge in [-0.05, 0) is 114 Å². The van der Waals surface area contributed by atoms with E-state index in [1.807, 2.05) is 31.2 Å². The maximum atomic E-state index is 8.70. The molecule has 10 rings (SSSR count). The average Bonchev–Trinajstić information content (AvgIpc) is 3.71. The minimum atomic E-state index is -1.35. The van der Waals surface area contributed by atoms with Crippen LogP contribution in [0.15, 0.2) is 99.4 Å². The standard InChI is InChI=1S/C25H31N3O3.C18H24BrN3O3.C7H9BO2/c1-16-6-5-7-17(12-16)18-8-9-21-20(13-18)25(27-23(26)28(4)31-25)15-22(30-21)19-10-11-29-24(2,3)14-19;1-17(2)9-11(6-7-23-17)15-10-18(21-16(20)22(3)25-18)13-8-12(19)4-5-14(13)24-15;1-6-3-2-4-7(5-6)8(9)10/h5-9,12-13,19,22H,10-11,14-15H2,1-4H3,(H2,26,27);4-5,8,11,15H,6-7,9-10H2,1-3H3,(H2,20,21);2-5,9-10H,1H3. The fourth-order valence-electron chi connectivity index (χ4n) is 10.1. The van der Waals surface area contributed by atoms with Crippen molar-refractivity contribution in [1.29, 1.82) is 0 Å². The van der Waals surface area contributed by atoms with Gasteiger partial charge >= 0.3 is 7.12 Å². The summed E-state index contributed by atoms with van der Waals surface area (Å²) in [6.45, 7) is 14.1. The van der Waals surface area contributed by atoms with Gasteiger partial charge in [0.2, 0.25) is 23.4 Å². The number of hydrogen-bond acceptors (Lipinski definition) is 14. The fourth-order valence-corrected chi connectivity index (χ4v) is 10.4. The number of nitrogens with two attached hydrogens (primary N) is 2. The van der Waals surface area contributed by atoms with Crippen LogP contribution in [0.3, 0.4) is 0 Å². The summed E-state index contributed by atoms with van der Waals surface area (Å²) in [7, 11) is 2.24. The Labute approximate surface area is 397 Å². The van der Waals surface area contributed by atoms with Gasteiger partial charge in [-0.15, -0.1) is 0 Å². The number of halogens is 1. The van der Waals surface area contributed by atoms with E-state index in [2.05, 4.69) is 93.0 Å². The second-order valence-electron chi connectivity index (χ2n) is 19.6. The topological polar surface area (TPSA) is 179 Å². The van der Waals surface area contributed by atoms with Crippen molar-refractivity contribution in [2.24, 2.45) is 33.3 Å². The minimum Gasteiger partial charge on any atom is -0.489 e. The molecule has 0 radical (unpaired) electrons. The van der Waals surface area contributed by atoms with Gasteiger partial charge in [0.25, 0.3) is 0 Å². The molecule has 2 spiro atoms. The molecule has 6 unspecified atom stereocenters. The Bertz CT molecular complexity index is 2470. The van der Waals surface area contributed by atoms with E-state index in [1.54, 1.807) is 42.4 Å². The van der Waals surface area contributed by atoms with Crippen molar-refractivity contribution < 1.29 is 38.7 Å². The number of rotatable bonds is 4. The summed E-state index contributed by atoms with van der Waals surface area (Å²) < 4.78 is 25.7. The van der Waals surface area contributed by atoms with E-state index in [9.17, 15) is 0 Å². The van der Waals surface area contributed by atoms with Crippen molar-refractivity contribution in [3.63, 3.8) is 0 Å². The average molecular weight is 968 g/mol. The third kappa shape index (κ3) is 10.4. The lowest BCUT2D eigenvalue weighted by atomic mass is 9.79. The molecule has 352 valence electrons. The van der Waals surface area contributed by atoms with Crippen LogP contribution in [0.1, 0.15) is 88.5 Å². The Morgan fingerprint density at radius 1 is 0.636 bits per heavy atom. The number of hydroxylamine groups is 4. The Morgan fingerprint density at radius 2 is 1.12 bits per heavy atom. The number of nitrogens with zero attached hydrogens (tertiary/aromatic N) is 4. The van der Waals surface area contributed by atoms with Gasteiger partial charge in [0, 0.05) is 56.5 Å². The van der Waals surface area contributed by atoms with Crippen molar-refractivity contribution in [3.05, 3.63) is 112 Å². The first-order valence-corrected chi connectivity index (χ1v) is 23.6. The SMILES string of the molecule is CN1OC2(CC(C3CCOC(C)(C)C3)Oc3ccc(Br)cc32)N=C1N.Cc1cccc(-c2ccc3c(c2)C2(CC(C4CCOC(C)(C)C4)O3)N=C(N)N(C)O2)c1.Cc1cccc(B(O)O)c1. The molecule has 14 nitrogen and oxygen atoms in total. The van der Waals surface area contributed by atoms with Gasteiger partial charge < -0.3 is 40.5 Å². The lowest BCUT2D eigenvalue weighted by Crippen LogP contribution is -2.46. The lowest BCUT2D eigenvalue weighted by molar-refractivity contribution is -0.199. The van der Waals surface area contributed by atoms with Gasteiger partial charge in [-0.2, -0.15) is 0 Å². The molecule has 6 aliphatic heterocycles. The molecule has 0 saturated carbocycles. The molecule has 0 aliphatic carbocycles. The number of aryl methyl sites for hydroxylation is 2. The molecule has 6 aliphatic rings. The van der Waals surface area contributed by atoms with E-state index in [4.69, 9.17) is 60.1 Å². The lowest BCUT2D eigenvalue weighted by Gasteiger charge is -2.44. The van der Waals surface area contributed by atoms with Gasteiger partial charge in [-0.1, -0.05) is 81.7 Å². The molecular weight excluding hydrogens is 903 g/mol. The van der Waals surface area contributed by atoms with Gasteiger partial charge in [0.05, 0.1) is 22.3 Å². The summed E-state index contributed by atoms with van der Waals surface area (Å²) in [6, 6.07) is 27.9. The quantitative estimate of drug-likeness (QED) is 0.152. The molecule has 6 atom stereocenters. The first kappa shape index (κ1) is 47.8. The van der Waals surface area contributed by atoms with Crippen molar-refractivity contribution >= 4 is 40.4 Å². The van der Waals surface area contributed by atoms with Crippen molar-refractivity contribution in [2.75, 3.05) is 27.3 Å².